The molecule has 0 radical (unpaired) electrons. The smallest absolute Gasteiger partial charge is 0.272 e. The SMILES string of the molecule is CC(C)n1cc(Cl)cc1C(=O)Nc1cccc(Cl)c1Br. The number of hydrogen-bond donors (Lipinski definition) is 1. The van der Waals surface area contributed by atoms with Crippen molar-refractivity contribution in [1.29, 1.82) is 0 Å². The van der Waals surface area contributed by atoms with E-state index in [2.05, 4.69) is 21.2 Å². The van der Waals surface area contributed by atoms with Crippen molar-refractivity contribution in [3.63, 3.8) is 0 Å². The first-order valence-electron chi connectivity index (χ1n) is 6.03. The van der Waals surface area contributed by atoms with Crippen LogP contribution >= 0.6 is 39.1 Å². The van der Waals surface area contributed by atoms with Crippen LogP contribution in [-0.2, 0) is 0 Å². The molecular formula is C14H13BrCl2N2O. The molecule has 1 N–H and O–H groups in total. The zero-order chi connectivity index (χ0) is 14.9. The zero-order valence-electron chi connectivity index (χ0n) is 11.0. The van der Waals surface area contributed by atoms with Gasteiger partial charge in [0, 0.05) is 12.2 Å². The van der Waals surface area contributed by atoms with Crippen LogP contribution in [0, 0.1) is 0 Å². The maximum absolute atomic E-state index is 12.4. The first-order valence-corrected chi connectivity index (χ1v) is 7.57. The fourth-order valence-electron chi connectivity index (χ4n) is 1.84. The van der Waals surface area contributed by atoms with Crippen molar-refractivity contribution >= 4 is 50.7 Å². The minimum atomic E-state index is -0.228. The summed E-state index contributed by atoms with van der Waals surface area (Å²) in [5.41, 5.74) is 1.13. The van der Waals surface area contributed by atoms with Gasteiger partial charge in [0.2, 0.25) is 0 Å². The second-order valence-electron chi connectivity index (χ2n) is 4.60. The van der Waals surface area contributed by atoms with Crippen LogP contribution in [0.4, 0.5) is 5.69 Å². The number of benzene rings is 1. The van der Waals surface area contributed by atoms with Crippen LogP contribution in [0.3, 0.4) is 0 Å². The average Bonchev–Trinajstić information content (AvgIpc) is 2.77. The maximum Gasteiger partial charge on any atom is 0.272 e. The van der Waals surface area contributed by atoms with Gasteiger partial charge in [-0.1, -0.05) is 29.3 Å². The molecule has 0 saturated carbocycles. The molecule has 0 aliphatic heterocycles. The predicted octanol–water partition coefficient (Wildman–Crippen LogP) is 5.39. The number of nitrogens with zero attached hydrogens (tertiary/aromatic N) is 1. The van der Waals surface area contributed by atoms with Gasteiger partial charge in [-0.15, -0.1) is 0 Å². The van der Waals surface area contributed by atoms with Crippen molar-refractivity contribution < 1.29 is 4.79 Å². The quantitative estimate of drug-likeness (QED) is 0.766. The Labute approximate surface area is 136 Å². The molecule has 0 atom stereocenters. The number of amides is 1. The normalized spacial score (nSPS) is 10.9. The second kappa shape index (κ2) is 6.20. The number of rotatable bonds is 3. The monoisotopic (exact) mass is 374 g/mol. The number of carbonyl (C=O) groups excluding carboxylic acids is 1. The Kier molecular flexibility index (Phi) is 4.78. The molecule has 0 unspecified atom stereocenters. The molecule has 1 aromatic heterocycles. The fourth-order valence-corrected chi connectivity index (χ4v) is 2.59. The maximum atomic E-state index is 12.4. The highest BCUT2D eigenvalue weighted by Gasteiger charge is 2.16. The van der Waals surface area contributed by atoms with Gasteiger partial charge in [0.1, 0.15) is 5.69 Å². The van der Waals surface area contributed by atoms with Crippen molar-refractivity contribution in [2.75, 3.05) is 5.32 Å². The molecule has 0 saturated heterocycles. The van der Waals surface area contributed by atoms with E-state index < -0.39 is 0 Å². The summed E-state index contributed by atoms with van der Waals surface area (Å²) < 4.78 is 2.49. The highest BCUT2D eigenvalue weighted by atomic mass is 79.9. The minimum absolute atomic E-state index is 0.144. The Morgan fingerprint density at radius 2 is 2.05 bits per heavy atom. The fraction of sp³-hybridized carbons (Fsp3) is 0.214. The molecule has 106 valence electrons. The predicted molar refractivity (Wildman–Crippen MR) is 86.9 cm³/mol. The molecule has 0 aliphatic carbocycles. The highest BCUT2D eigenvalue weighted by molar-refractivity contribution is 9.10. The van der Waals surface area contributed by atoms with E-state index in [1.165, 1.54) is 0 Å². The van der Waals surface area contributed by atoms with Crippen LogP contribution in [0.15, 0.2) is 34.9 Å². The van der Waals surface area contributed by atoms with Gasteiger partial charge in [0.05, 0.1) is 20.2 Å². The van der Waals surface area contributed by atoms with Gasteiger partial charge in [-0.3, -0.25) is 4.79 Å². The van der Waals surface area contributed by atoms with Crippen molar-refractivity contribution in [3.05, 3.63) is 50.7 Å². The highest BCUT2D eigenvalue weighted by Crippen LogP contribution is 2.30. The third-order valence-corrected chi connectivity index (χ3v) is 4.41. The lowest BCUT2D eigenvalue weighted by Crippen LogP contribution is -2.18. The molecule has 0 aliphatic rings. The summed E-state index contributed by atoms with van der Waals surface area (Å²) in [4.78, 5) is 12.4. The number of aromatic nitrogens is 1. The molecule has 6 heteroatoms. The lowest BCUT2D eigenvalue weighted by Gasteiger charge is -2.13. The zero-order valence-corrected chi connectivity index (χ0v) is 14.1. The largest absolute Gasteiger partial charge is 0.339 e. The topological polar surface area (TPSA) is 34.0 Å². The first-order chi connectivity index (χ1) is 9.40. The van der Waals surface area contributed by atoms with E-state index in [9.17, 15) is 4.79 Å². The first kappa shape index (κ1) is 15.4. The third-order valence-electron chi connectivity index (χ3n) is 2.80. The van der Waals surface area contributed by atoms with Crippen molar-refractivity contribution in [2.45, 2.75) is 19.9 Å². The Balaban J connectivity index is 2.31. The summed E-state index contributed by atoms with van der Waals surface area (Å²) in [5.74, 6) is -0.228. The van der Waals surface area contributed by atoms with Gasteiger partial charge < -0.3 is 9.88 Å². The van der Waals surface area contributed by atoms with Gasteiger partial charge in [-0.25, -0.2) is 0 Å². The van der Waals surface area contributed by atoms with Crippen LogP contribution < -0.4 is 5.32 Å². The van der Waals surface area contributed by atoms with Crippen LogP contribution in [0.1, 0.15) is 30.4 Å². The van der Waals surface area contributed by atoms with E-state index >= 15 is 0 Å². The van der Waals surface area contributed by atoms with Crippen molar-refractivity contribution in [2.24, 2.45) is 0 Å². The Hall–Kier alpha value is -0.970. The summed E-state index contributed by atoms with van der Waals surface area (Å²) in [6.07, 6.45) is 1.74. The lowest BCUT2D eigenvalue weighted by molar-refractivity contribution is 0.101. The molecule has 3 nitrogen and oxygen atoms in total. The molecule has 20 heavy (non-hydrogen) atoms. The minimum Gasteiger partial charge on any atom is -0.339 e. The van der Waals surface area contributed by atoms with Gasteiger partial charge in [0.15, 0.2) is 0 Å². The number of carbonyl (C=O) groups is 1. The van der Waals surface area contributed by atoms with E-state index in [0.717, 1.165) is 0 Å². The molecule has 0 spiro atoms. The third kappa shape index (κ3) is 3.19. The summed E-state index contributed by atoms with van der Waals surface area (Å²) in [5, 5.41) is 3.90. The standard InChI is InChI=1S/C14H13BrCl2N2O/c1-8(2)19-7-9(16)6-12(19)14(20)18-11-5-3-4-10(17)13(11)15/h3-8H,1-2H3,(H,18,20). The van der Waals surface area contributed by atoms with E-state index in [1.54, 1.807) is 30.5 Å². The molecule has 1 aromatic carbocycles. The molecule has 2 aromatic rings. The molecule has 1 heterocycles. The lowest BCUT2D eigenvalue weighted by atomic mass is 10.3. The Morgan fingerprint density at radius 1 is 1.35 bits per heavy atom. The van der Waals surface area contributed by atoms with Gasteiger partial charge in [-0.05, 0) is 48.0 Å². The van der Waals surface area contributed by atoms with Crippen LogP contribution in [0.25, 0.3) is 0 Å². The Morgan fingerprint density at radius 3 is 2.70 bits per heavy atom. The number of anilines is 1. The van der Waals surface area contributed by atoms with E-state index in [-0.39, 0.29) is 11.9 Å². The van der Waals surface area contributed by atoms with E-state index in [0.29, 0.717) is 25.9 Å². The van der Waals surface area contributed by atoms with Crippen molar-refractivity contribution in [1.82, 2.24) is 4.57 Å². The Bertz CT molecular complexity index is 653. The summed E-state index contributed by atoms with van der Waals surface area (Å²) in [6, 6.07) is 7.09. The number of hydrogen-bond acceptors (Lipinski definition) is 1. The van der Waals surface area contributed by atoms with Crippen molar-refractivity contribution in [3.8, 4) is 0 Å². The van der Waals surface area contributed by atoms with E-state index in [4.69, 9.17) is 23.2 Å². The summed E-state index contributed by atoms with van der Waals surface area (Å²) in [7, 11) is 0. The van der Waals surface area contributed by atoms with Crippen LogP contribution in [-0.4, -0.2) is 10.5 Å². The average molecular weight is 376 g/mol. The van der Waals surface area contributed by atoms with Gasteiger partial charge >= 0.3 is 0 Å². The number of nitrogens with one attached hydrogen (secondary N) is 1. The second-order valence-corrected chi connectivity index (χ2v) is 6.24. The molecule has 0 bridgehead atoms. The van der Waals surface area contributed by atoms with E-state index in [1.807, 2.05) is 18.4 Å². The molecular weight excluding hydrogens is 363 g/mol. The van der Waals surface area contributed by atoms with Gasteiger partial charge in [-0.2, -0.15) is 0 Å². The van der Waals surface area contributed by atoms with Gasteiger partial charge in [0.25, 0.3) is 5.91 Å². The number of halogens is 3. The van der Waals surface area contributed by atoms with Crippen LogP contribution in [0.2, 0.25) is 10.0 Å². The summed E-state index contributed by atoms with van der Waals surface area (Å²) in [6.45, 7) is 3.98. The molecule has 1 amide bonds. The molecule has 0 fully saturated rings. The van der Waals surface area contributed by atoms with Crippen LogP contribution in [0.5, 0.6) is 0 Å². The molecule has 2 rings (SSSR count). The summed E-state index contributed by atoms with van der Waals surface area (Å²) >= 11 is 15.3.